The molecule has 1 aliphatic heterocycles. The van der Waals surface area contributed by atoms with Crippen LogP contribution in [0.5, 0.6) is 0 Å². The normalized spacial score (nSPS) is 20.7. The number of rotatable bonds is 4. The molecule has 18 heavy (non-hydrogen) atoms. The molecule has 0 bridgehead atoms. The zero-order chi connectivity index (χ0) is 13.0. The Balaban J connectivity index is 1.88. The molecule has 0 radical (unpaired) electrons. The van der Waals surface area contributed by atoms with Gasteiger partial charge < -0.3 is 10.6 Å². The lowest BCUT2D eigenvalue weighted by Crippen LogP contribution is -2.33. The van der Waals surface area contributed by atoms with Crippen molar-refractivity contribution in [2.45, 2.75) is 45.2 Å². The monoisotopic (exact) mass is 246 g/mol. The van der Waals surface area contributed by atoms with E-state index in [9.17, 15) is 4.79 Å². The van der Waals surface area contributed by atoms with Crippen LogP contribution in [-0.4, -0.2) is 18.5 Å². The van der Waals surface area contributed by atoms with Gasteiger partial charge in [-0.3, -0.25) is 4.79 Å². The second kappa shape index (κ2) is 6.01. The maximum atomic E-state index is 11.9. The first-order valence-electron chi connectivity index (χ1n) is 6.75. The Hall–Kier alpha value is -1.35. The minimum absolute atomic E-state index is 0.0834. The summed E-state index contributed by atoms with van der Waals surface area (Å²) in [6.07, 6.45) is 2.90. The number of carbonyl (C=O) groups excluding carboxylic acids is 1. The van der Waals surface area contributed by atoms with Crippen LogP contribution in [0.1, 0.15) is 43.4 Å². The number of nitrogens with one attached hydrogen (secondary N) is 2. The van der Waals surface area contributed by atoms with Crippen LogP contribution < -0.4 is 10.6 Å². The Morgan fingerprint density at radius 3 is 2.94 bits per heavy atom. The molecule has 2 N–H and O–H groups in total. The van der Waals surface area contributed by atoms with E-state index in [1.54, 1.807) is 0 Å². The van der Waals surface area contributed by atoms with Crippen molar-refractivity contribution >= 4 is 5.91 Å². The first-order valence-corrected chi connectivity index (χ1v) is 6.75. The van der Waals surface area contributed by atoms with E-state index < -0.39 is 0 Å². The van der Waals surface area contributed by atoms with Crippen molar-refractivity contribution < 1.29 is 4.79 Å². The van der Waals surface area contributed by atoms with Crippen molar-refractivity contribution in [2.75, 3.05) is 6.54 Å². The molecular formula is C15H22N2O. The molecule has 3 heteroatoms. The molecule has 1 aliphatic rings. The second-order valence-electron chi connectivity index (χ2n) is 5.14. The summed E-state index contributed by atoms with van der Waals surface area (Å²) in [5, 5.41) is 6.44. The third-order valence-electron chi connectivity index (χ3n) is 3.63. The maximum absolute atomic E-state index is 11.9. The van der Waals surface area contributed by atoms with Gasteiger partial charge in [0.2, 0.25) is 5.91 Å². The Morgan fingerprint density at radius 2 is 2.28 bits per heavy atom. The molecule has 1 amide bonds. The van der Waals surface area contributed by atoms with Crippen molar-refractivity contribution in [3.05, 3.63) is 35.4 Å². The highest BCUT2D eigenvalue weighted by Crippen LogP contribution is 2.17. The van der Waals surface area contributed by atoms with E-state index in [0.717, 1.165) is 13.0 Å². The van der Waals surface area contributed by atoms with Crippen LogP contribution in [0.3, 0.4) is 0 Å². The van der Waals surface area contributed by atoms with Crippen LogP contribution in [-0.2, 0) is 4.79 Å². The summed E-state index contributed by atoms with van der Waals surface area (Å²) in [6.45, 7) is 5.17. The van der Waals surface area contributed by atoms with E-state index in [1.807, 2.05) is 19.1 Å². The topological polar surface area (TPSA) is 41.1 Å². The third kappa shape index (κ3) is 3.33. The van der Waals surface area contributed by atoms with Crippen LogP contribution in [0.2, 0.25) is 0 Å². The van der Waals surface area contributed by atoms with Crippen LogP contribution >= 0.6 is 0 Å². The summed E-state index contributed by atoms with van der Waals surface area (Å²) in [7, 11) is 0. The minimum atomic E-state index is 0.0834. The minimum Gasteiger partial charge on any atom is -0.350 e. The fourth-order valence-corrected chi connectivity index (χ4v) is 2.61. The van der Waals surface area contributed by atoms with Gasteiger partial charge in [0.1, 0.15) is 0 Å². The Bertz CT molecular complexity index is 411. The van der Waals surface area contributed by atoms with Gasteiger partial charge in [0.25, 0.3) is 0 Å². The van der Waals surface area contributed by atoms with Crippen molar-refractivity contribution in [1.29, 1.82) is 0 Å². The highest BCUT2D eigenvalue weighted by molar-refractivity contribution is 5.77. The molecule has 1 saturated heterocycles. The lowest BCUT2D eigenvalue weighted by molar-refractivity contribution is -0.122. The van der Waals surface area contributed by atoms with Gasteiger partial charge in [-0.1, -0.05) is 24.3 Å². The van der Waals surface area contributed by atoms with Gasteiger partial charge in [-0.15, -0.1) is 0 Å². The Kier molecular flexibility index (Phi) is 4.37. The lowest BCUT2D eigenvalue weighted by atomic mass is 10.0. The van der Waals surface area contributed by atoms with Crippen LogP contribution in [0, 0.1) is 6.92 Å². The van der Waals surface area contributed by atoms with Gasteiger partial charge in [-0.2, -0.15) is 0 Å². The van der Waals surface area contributed by atoms with E-state index in [0.29, 0.717) is 12.5 Å². The van der Waals surface area contributed by atoms with Crippen molar-refractivity contribution in [3.8, 4) is 0 Å². The molecular weight excluding hydrogens is 224 g/mol. The van der Waals surface area contributed by atoms with Crippen molar-refractivity contribution in [1.82, 2.24) is 10.6 Å². The summed E-state index contributed by atoms with van der Waals surface area (Å²) >= 11 is 0. The number of benzene rings is 1. The fourth-order valence-electron chi connectivity index (χ4n) is 2.61. The van der Waals surface area contributed by atoms with Gasteiger partial charge in [0.05, 0.1) is 6.04 Å². The summed E-state index contributed by atoms with van der Waals surface area (Å²) < 4.78 is 0. The summed E-state index contributed by atoms with van der Waals surface area (Å²) in [4.78, 5) is 11.9. The van der Waals surface area contributed by atoms with E-state index in [-0.39, 0.29) is 11.9 Å². The first-order chi connectivity index (χ1) is 8.66. The average molecular weight is 246 g/mol. The first kappa shape index (κ1) is 13.1. The Labute approximate surface area is 109 Å². The number of hydrogen-bond donors (Lipinski definition) is 2. The largest absolute Gasteiger partial charge is 0.350 e. The standard InChI is InChI=1S/C15H22N2O/c1-11-6-3-4-8-14(11)12(2)17-15(18)10-13-7-5-9-16-13/h3-4,6,8,12-13,16H,5,7,9-10H2,1-2H3,(H,17,18)/t12-,13?/m1/s1. The molecule has 1 aromatic carbocycles. The number of amides is 1. The van der Waals surface area contributed by atoms with Gasteiger partial charge in [0.15, 0.2) is 0 Å². The highest BCUT2D eigenvalue weighted by Gasteiger charge is 2.19. The van der Waals surface area contributed by atoms with Crippen molar-refractivity contribution in [3.63, 3.8) is 0 Å². The lowest BCUT2D eigenvalue weighted by Gasteiger charge is -2.18. The second-order valence-corrected chi connectivity index (χ2v) is 5.14. The number of carbonyl (C=O) groups is 1. The molecule has 1 aromatic rings. The fraction of sp³-hybridized carbons (Fsp3) is 0.533. The molecule has 1 fully saturated rings. The number of hydrogen-bond acceptors (Lipinski definition) is 2. The molecule has 1 unspecified atom stereocenters. The molecule has 0 aliphatic carbocycles. The van der Waals surface area contributed by atoms with Gasteiger partial charge in [0, 0.05) is 12.5 Å². The SMILES string of the molecule is Cc1ccccc1[C@@H](C)NC(=O)CC1CCCN1. The molecule has 1 heterocycles. The zero-order valence-electron chi connectivity index (χ0n) is 11.2. The van der Waals surface area contributed by atoms with Crippen LogP contribution in [0.15, 0.2) is 24.3 Å². The average Bonchev–Trinajstić information content (AvgIpc) is 2.82. The number of aryl methyl sites for hydroxylation is 1. The molecule has 3 nitrogen and oxygen atoms in total. The molecule has 0 saturated carbocycles. The van der Waals surface area contributed by atoms with Crippen LogP contribution in [0.25, 0.3) is 0 Å². The summed E-state index contributed by atoms with van der Waals surface area (Å²) in [5.41, 5.74) is 2.43. The van der Waals surface area contributed by atoms with E-state index in [1.165, 1.54) is 17.5 Å². The highest BCUT2D eigenvalue weighted by atomic mass is 16.1. The predicted molar refractivity (Wildman–Crippen MR) is 73.4 cm³/mol. The van der Waals surface area contributed by atoms with Gasteiger partial charge >= 0.3 is 0 Å². The summed E-state index contributed by atoms with van der Waals surface area (Å²) in [5.74, 6) is 0.144. The van der Waals surface area contributed by atoms with E-state index >= 15 is 0 Å². The third-order valence-corrected chi connectivity index (χ3v) is 3.63. The Morgan fingerprint density at radius 1 is 1.50 bits per heavy atom. The quantitative estimate of drug-likeness (QED) is 0.856. The molecule has 2 rings (SSSR count). The molecule has 0 spiro atoms. The summed E-state index contributed by atoms with van der Waals surface area (Å²) in [6, 6.07) is 8.65. The van der Waals surface area contributed by atoms with E-state index in [4.69, 9.17) is 0 Å². The van der Waals surface area contributed by atoms with E-state index in [2.05, 4.69) is 29.7 Å². The van der Waals surface area contributed by atoms with Crippen LogP contribution in [0.4, 0.5) is 0 Å². The maximum Gasteiger partial charge on any atom is 0.222 e. The van der Waals surface area contributed by atoms with Gasteiger partial charge in [-0.05, 0) is 44.4 Å². The predicted octanol–water partition coefficient (Wildman–Crippen LogP) is 2.31. The zero-order valence-corrected chi connectivity index (χ0v) is 11.2. The molecule has 0 aromatic heterocycles. The van der Waals surface area contributed by atoms with Gasteiger partial charge in [-0.25, -0.2) is 0 Å². The smallest absolute Gasteiger partial charge is 0.222 e. The molecule has 98 valence electrons. The van der Waals surface area contributed by atoms with Crippen molar-refractivity contribution in [2.24, 2.45) is 0 Å². The molecule has 2 atom stereocenters.